The topological polar surface area (TPSA) is 120 Å². The van der Waals surface area contributed by atoms with Gasteiger partial charge in [0.25, 0.3) is 0 Å². The summed E-state index contributed by atoms with van der Waals surface area (Å²) >= 11 is 0. The van der Waals surface area contributed by atoms with Gasteiger partial charge in [-0.05, 0) is 67.9 Å². The van der Waals surface area contributed by atoms with Crippen molar-refractivity contribution >= 4 is 23.4 Å². The minimum absolute atomic E-state index is 0.00233. The van der Waals surface area contributed by atoms with Gasteiger partial charge in [0.1, 0.15) is 6.33 Å². The number of carbonyl (C=O) groups is 2. The van der Waals surface area contributed by atoms with Gasteiger partial charge in [0.15, 0.2) is 5.82 Å². The number of carbonyl (C=O) groups excluding carboxylic acids is 2. The van der Waals surface area contributed by atoms with Crippen molar-refractivity contribution in [3.05, 3.63) is 102 Å². The lowest BCUT2D eigenvalue weighted by atomic mass is 10.1. The van der Waals surface area contributed by atoms with E-state index in [-0.39, 0.29) is 13.1 Å². The first kappa shape index (κ1) is 24.4. The van der Waals surface area contributed by atoms with Crippen LogP contribution in [0.25, 0.3) is 17.1 Å². The van der Waals surface area contributed by atoms with Gasteiger partial charge in [0.05, 0.1) is 41.8 Å². The molecule has 2 aromatic heterocycles. The Labute approximate surface area is 219 Å². The molecule has 0 saturated heterocycles. The fourth-order valence-corrected chi connectivity index (χ4v) is 4.29. The summed E-state index contributed by atoms with van der Waals surface area (Å²) in [6.07, 6.45) is 3.20. The molecule has 38 heavy (non-hydrogen) atoms. The molecule has 0 aliphatic carbocycles. The fourth-order valence-electron chi connectivity index (χ4n) is 4.29. The van der Waals surface area contributed by atoms with Gasteiger partial charge in [-0.2, -0.15) is 5.26 Å². The number of aryl methyl sites for hydroxylation is 1. The Kier molecular flexibility index (Phi) is 6.65. The third kappa shape index (κ3) is 4.73. The molecule has 0 fully saturated rings. The van der Waals surface area contributed by atoms with Crippen LogP contribution in [0, 0.1) is 18.3 Å². The number of urea groups is 2. The third-order valence-corrected chi connectivity index (χ3v) is 6.25. The Hall–Kier alpha value is -5.30. The van der Waals surface area contributed by atoms with Crippen molar-refractivity contribution < 1.29 is 9.59 Å². The summed E-state index contributed by atoms with van der Waals surface area (Å²) in [5, 5.41) is 20.4. The second-order valence-corrected chi connectivity index (χ2v) is 8.77. The van der Waals surface area contributed by atoms with Crippen LogP contribution in [-0.4, -0.2) is 43.3 Å². The lowest BCUT2D eigenvalue weighted by molar-refractivity contribution is 0.193. The molecule has 10 heteroatoms. The van der Waals surface area contributed by atoms with Crippen molar-refractivity contribution in [2.45, 2.75) is 20.4 Å². The van der Waals surface area contributed by atoms with Gasteiger partial charge < -0.3 is 5.32 Å². The zero-order chi connectivity index (χ0) is 26.6. The number of hydrogen-bond acceptors (Lipinski definition) is 6. The van der Waals surface area contributed by atoms with Gasteiger partial charge in [-0.15, -0.1) is 10.2 Å². The van der Waals surface area contributed by atoms with E-state index < -0.39 is 12.1 Å². The number of imide groups is 1. The highest BCUT2D eigenvalue weighted by Gasteiger charge is 2.36. The zero-order valence-corrected chi connectivity index (χ0v) is 20.9. The molecule has 0 unspecified atom stereocenters. The van der Waals surface area contributed by atoms with Crippen molar-refractivity contribution in [2.24, 2.45) is 0 Å². The number of benzene rings is 2. The molecular weight excluding hydrogens is 480 g/mol. The van der Waals surface area contributed by atoms with E-state index in [9.17, 15) is 9.59 Å². The van der Waals surface area contributed by atoms with Crippen molar-refractivity contribution in [3.8, 4) is 17.5 Å². The molecule has 10 nitrogen and oxygen atoms in total. The number of hydrogen-bond donors (Lipinski definition) is 1. The number of allylic oxidation sites excluding steroid dienone is 1. The minimum atomic E-state index is -0.545. The molecule has 0 radical (unpaired) electrons. The Morgan fingerprint density at radius 3 is 2.61 bits per heavy atom. The van der Waals surface area contributed by atoms with Crippen LogP contribution in [0.2, 0.25) is 0 Å². The lowest BCUT2D eigenvalue weighted by Gasteiger charge is -2.37. The Morgan fingerprint density at radius 2 is 1.89 bits per heavy atom. The quantitative estimate of drug-likeness (QED) is 0.425. The Bertz CT molecular complexity index is 1570. The van der Waals surface area contributed by atoms with Crippen molar-refractivity contribution in [1.29, 1.82) is 5.26 Å². The van der Waals surface area contributed by atoms with Crippen LogP contribution in [0.15, 0.2) is 85.0 Å². The van der Waals surface area contributed by atoms with Crippen molar-refractivity contribution in [2.75, 3.05) is 11.4 Å². The molecule has 4 amide bonds. The predicted octanol–water partition coefficient (Wildman–Crippen LogP) is 4.56. The van der Waals surface area contributed by atoms with Crippen LogP contribution in [0.4, 0.5) is 15.3 Å². The number of amides is 4. The molecule has 1 aliphatic rings. The van der Waals surface area contributed by atoms with Crippen LogP contribution in [0.5, 0.6) is 0 Å². The van der Waals surface area contributed by atoms with E-state index in [0.717, 1.165) is 16.0 Å². The van der Waals surface area contributed by atoms with Crippen LogP contribution in [0.1, 0.15) is 23.7 Å². The van der Waals surface area contributed by atoms with E-state index in [4.69, 9.17) is 5.26 Å². The van der Waals surface area contributed by atoms with E-state index >= 15 is 0 Å². The van der Waals surface area contributed by atoms with E-state index in [1.54, 1.807) is 53.5 Å². The second kappa shape index (κ2) is 10.4. The highest BCUT2D eigenvalue weighted by atomic mass is 16.2. The fraction of sp³-hybridized carbons (Fsp3) is 0.143. The maximum atomic E-state index is 13.7. The standard InChI is InChI=1S/C28H24N8O2/c1-19-6-5-8-24(14-19)36-20(2)25(35-18-32-33-26(35)22-11-9-21(15-29)10-12-22)17-34(28(36)38)27(37)31-16-23-7-3-4-13-30-23/h3-14,18H,16-17H2,1-2H3,(H,31,37). The van der Waals surface area contributed by atoms with E-state index in [2.05, 4.69) is 26.6 Å². The smallest absolute Gasteiger partial charge is 0.332 e. The van der Waals surface area contributed by atoms with E-state index in [0.29, 0.717) is 34.2 Å². The van der Waals surface area contributed by atoms with Crippen LogP contribution in [-0.2, 0) is 6.54 Å². The zero-order valence-electron chi connectivity index (χ0n) is 20.9. The molecule has 0 bridgehead atoms. The molecule has 3 heterocycles. The Morgan fingerprint density at radius 1 is 1.08 bits per heavy atom. The number of rotatable bonds is 5. The van der Waals surface area contributed by atoms with Gasteiger partial charge in [-0.3, -0.25) is 14.5 Å². The second-order valence-electron chi connectivity index (χ2n) is 8.77. The first-order valence-corrected chi connectivity index (χ1v) is 11.9. The number of pyridine rings is 1. The molecule has 1 aliphatic heterocycles. The van der Waals surface area contributed by atoms with Gasteiger partial charge in [0, 0.05) is 17.5 Å². The number of nitriles is 1. The summed E-state index contributed by atoms with van der Waals surface area (Å²) in [5.74, 6) is 0.524. The van der Waals surface area contributed by atoms with Crippen LogP contribution >= 0.6 is 0 Å². The summed E-state index contributed by atoms with van der Waals surface area (Å²) in [6, 6.07) is 21.0. The minimum Gasteiger partial charge on any atom is -0.332 e. The average Bonchev–Trinajstić information content (AvgIpc) is 3.42. The van der Waals surface area contributed by atoms with Crippen molar-refractivity contribution in [1.82, 2.24) is 30.0 Å². The van der Waals surface area contributed by atoms with Gasteiger partial charge in [-0.25, -0.2) is 14.5 Å². The monoisotopic (exact) mass is 504 g/mol. The highest BCUT2D eigenvalue weighted by Crippen LogP contribution is 2.32. The number of aromatic nitrogens is 4. The van der Waals surface area contributed by atoms with E-state index in [1.165, 1.54) is 4.90 Å². The van der Waals surface area contributed by atoms with Gasteiger partial charge in [0.2, 0.25) is 0 Å². The third-order valence-electron chi connectivity index (χ3n) is 6.25. The number of nitrogens with one attached hydrogen (secondary N) is 1. The van der Waals surface area contributed by atoms with Gasteiger partial charge in [-0.1, -0.05) is 18.2 Å². The van der Waals surface area contributed by atoms with Gasteiger partial charge >= 0.3 is 12.1 Å². The van der Waals surface area contributed by atoms with Crippen LogP contribution < -0.4 is 10.2 Å². The molecule has 0 spiro atoms. The predicted molar refractivity (Wildman–Crippen MR) is 141 cm³/mol. The SMILES string of the molecule is CC1=C(n2cnnc2-c2ccc(C#N)cc2)CN(C(=O)NCc2ccccn2)C(=O)N1c1cccc(C)c1. The lowest BCUT2D eigenvalue weighted by Crippen LogP contribution is -2.54. The first-order chi connectivity index (χ1) is 18.5. The molecular formula is C28H24N8O2. The summed E-state index contributed by atoms with van der Waals surface area (Å²) < 4.78 is 1.77. The number of anilines is 1. The maximum absolute atomic E-state index is 13.7. The number of nitrogens with zero attached hydrogens (tertiary/aromatic N) is 7. The molecule has 4 aromatic rings. The molecule has 5 rings (SSSR count). The van der Waals surface area contributed by atoms with Crippen molar-refractivity contribution in [3.63, 3.8) is 0 Å². The molecule has 188 valence electrons. The normalized spacial score (nSPS) is 13.4. The first-order valence-electron chi connectivity index (χ1n) is 11.9. The Balaban J connectivity index is 1.55. The summed E-state index contributed by atoms with van der Waals surface area (Å²) in [6.45, 7) is 3.96. The molecule has 0 atom stereocenters. The summed E-state index contributed by atoms with van der Waals surface area (Å²) in [5.41, 5.74) is 4.86. The molecule has 2 aromatic carbocycles. The molecule has 0 saturated carbocycles. The van der Waals surface area contributed by atoms with E-state index in [1.807, 2.05) is 44.2 Å². The molecule has 1 N–H and O–H groups in total. The average molecular weight is 505 g/mol. The maximum Gasteiger partial charge on any atom is 0.337 e. The largest absolute Gasteiger partial charge is 0.337 e. The highest BCUT2D eigenvalue weighted by molar-refractivity contribution is 6.07. The summed E-state index contributed by atoms with van der Waals surface area (Å²) in [4.78, 5) is 33.9. The van der Waals surface area contributed by atoms with Crippen LogP contribution in [0.3, 0.4) is 0 Å². The summed E-state index contributed by atoms with van der Waals surface area (Å²) in [7, 11) is 0.